The minimum atomic E-state index is -0.582. The van der Waals surface area contributed by atoms with E-state index in [-0.39, 0.29) is 24.7 Å². The van der Waals surface area contributed by atoms with Gasteiger partial charge in [-0.15, -0.1) is 0 Å². The van der Waals surface area contributed by atoms with Gasteiger partial charge in [-0.2, -0.15) is 0 Å². The maximum atomic E-state index is 12.1. The molecule has 0 saturated carbocycles. The average molecular weight is 575 g/mol. The maximum absolute atomic E-state index is 12.1. The summed E-state index contributed by atoms with van der Waals surface area (Å²) in [5.74, 6) is 0.915. The van der Waals surface area contributed by atoms with Crippen LogP contribution in [-0.4, -0.2) is 29.4 Å². The van der Waals surface area contributed by atoms with Crippen molar-refractivity contribution in [3.8, 4) is 5.75 Å². The van der Waals surface area contributed by atoms with Gasteiger partial charge < -0.3 is 24.6 Å². The summed E-state index contributed by atoms with van der Waals surface area (Å²) >= 11 is 3.46. The lowest BCUT2D eigenvalue weighted by molar-refractivity contribution is -0.142. The van der Waals surface area contributed by atoms with E-state index in [1.807, 2.05) is 64.1 Å². The molecule has 0 saturated heterocycles. The molecular formula is C29H36BrNO6. The van der Waals surface area contributed by atoms with Crippen LogP contribution in [0.15, 0.2) is 64.5 Å². The molecule has 1 amide bonds. The number of nitrogens with one attached hydrogen (secondary N) is 1. The van der Waals surface area contributed by atoms with E-state index < -0.39 is 11.7 Å². The van der Waals surface area contributed by atoms with Crippen molar-refractivity contribution in [2.75, 3.05) is 6.61 Å². The number of hydrogen-bond acceptors (Lipinski definition) is 6. The molecule has 2 rings (SSSR count). The highest BCUT2D eigenvalue weighted by Gasteiger charge is 2.16. The molecule has 0 bridgehead atoms. The van der Waals surface area contributed by atoms with Crippen LogP contribution in [0.25, 0.3) is 5.57 Å². The molecule has 0 aromatic heterocycles. The molecule has 0 aliphatic rings. The monoisotopic (exact) mass is 573 g/mol. The lowest BCUT2D eigenvalue weighted by Gasteiger charge is -2.19. The van der Waals surface area contributed by atoms with Crippen LogP contribution in [0.4, 0.5) is 4.79 Å². The highest BCUT2D eigenvalue weighted by Crippen LogP contribution is 2.29. The zero-order valence-corrected chi connectivity index (χ0v) is 23.9. The van der Waals surface area contributed by atoms with Gasteiger partial charge >= 0.3 is 12.1 Å². The van der Waals surface area contributed by atoms with Gasteiger partial charge in [0.25, 0.3) is 0 Å². The van der Waals surface area contributed by atoms with Gasteiger partial charge in [-0.1, -0.05) is 47.1 Å². The van der Waals surface area contributed by atoms with Gasteiger partial charge in [0.05, 0.1) is 18.8 Å². The number of amides is 1. The summed E-state index contributed by atoms with van der Waals surface area (Å²) in [5.41, 5.74) is 2.31. The molecule has 2 N–H and O–H groups in total. The molecule has 37 heavy (non-hydrogen) atoms. The van der Waals surface area contributed by atoms with Gasteiger partial charge in [-0.25, -0.2) is 4.79 Å². The summed E-state index contributed by atoms with van der Waals surface area (Å²) in [6, 6.07) is 13.0. The molecule has 8 heteroatoms. The quantitative estimate of drug-likeness (QED) is 0.177. The Hall–Kier alpha value is -3.26. The Kier molecular flexibility index (Phi) is 11.2. The van der Waals surface area contributed by atoms with E-state index in [1.165, 1.54) is 0 Å². The van der Waals surface area contributed by atoms with Crippen LogP contribution in [0.5, 0.6) is 5.75 Å². The second-order valence-electron chi connectivity index (χ2n) is 9.36. The molecular weight excluding hydrogens is 538 g/mol. The van der Waals surface area contributed by atoms with Crippen molar-refractivity contribution in [3.63, 3.8) is 0 Å². The Balaban J connectivity index is 2.29. The highest BCUT2D eigenvalue weighted by atomic mass is 79.9. The smallest absolute Gasteiger partial charge is 0.407 e. The Morgan fingerprint density at radius 2 is 1.84 bits per heavy atom. The number of carbonyl (C=O) groups excluding carboxylic acids is 2. The molecule has 0 aliphatic heterocycles. The fourth-order valence-electron chi connectivity index (χ4n) is 3.38. The van der Waals surface area contributed by atoms with Crippen LogP contribution in [0, 0.1) is 0 Å². The van der Waals surface area contributed by atoms with Crippen molar-refractivity contribution in [2.24, 2.45) is 0 Å². The number of halogens is 1. The van der Waals surface area contributed by atoms with Gasteiger partial charge in [0, 0.05) is 28.6 Å². The van der Waals surface area contributed by atoms with E-state index in [1.54, 1.807) is 26.0 Å². The largest absolute Gasteiger partial charge is 0.512 e. The fourth-order valence-corrected chi connectivity index (χ4v) is 3.72. The number of hydrogen-bond donors (Lipinski definition) is 2. The third-order valence-corrected chi connectivity index (χ3v) is 5.52. The normalized spacial score (nSPS) is 12.5. The fraction of sp³-hybridized carbons (Fsp3) is 0.379. The zero-order chi connectivity index (χ0) is 27.6. The molecule has 200 valence electrons. The number of alkyl carbamates (subject to hydrolysis) is 1. The van der Waals surface area contributed by atoms with Gasteiger partial charge in [-0.3, -0.25) is 4.79 Å². The summed E-state index contributed by atoms with van der Waals surface area (Å²) in [4.78, 5) is 24.1. The summed E-state index contributed by atoms with van der Waals surface area (Å²) in [6.07, 6.45) is 1.91. The number of rotatable bonds is 10. The lowest BCUT2D eigenvalue weighted by atomic mass is 10.0. The molecule has 0 spiro atoms. The third kappa shape index (κ3) is 10.3. The number of benzene rings is 2. The Morgan fingerprint density at radius 3 is 2.46 bits per heavy atom. The summed E-state index contributed by atoms with van der Waals surface area (Å²) in [6.45, 7) is 11.3. The van der Waals surface area contributed by atoms with Crippen molar-refractivity contribution in [3.05, 3.63) is 81.2 Å². The second kappa shape index (κ2) is 13.9. The minimum Gasteiger partial charge on any atom is -0.512 e. The molecule has 2 aromatic carbocycles. The number of allylic oxidation sites excluding steroid dienone is 4. The summed E-state index contributed by atoms with van der Waals surface area (Å²) < 4.78 is 17.4. The lowest BCUT2D eigenvalue weighted by Crippen LogP contribution is -2.32. The summed E-state index contributed by atoms with van der Waals surface area (Å²) in [5, 5.41) is 13.3. The van der Waals surface area contributed by atoms with Crippen LogP contribution >= 0.6 is 15.9 Å². The molecule has 0 aliphatic carbocycles. The number of carbonyl (C=O) groups is 2. The second-order valence-corrected chi connectivity index (χ2v) is 10.3. The topological polar surface area (TPSA) is 94.1 Å². The van der Waals surface area contributed by atoms with E-state index in [0.717, 1.165) is 15.6 Å². The molecule has 7 nitrogen and oxygen atoms in total. The Morgan fingerprint density at radius 1 is 1.11 bits per heavy atom. The molecule has 2 aromatic rings. The van der Waals surface area contributed by atoms with Gasteiger partial charge in [0.15, 0.2) is 0 Å². The number of ether oxygens (including phenoxy) is 3. The molecule has 0 radical (unpaired) electrons. The summed E-state index contributed by atoms with van der Waals surface area (Å²) in [7, 11) is 0. The van der Waals surface area contributed by atoms with Crippen LogP contribution in [-0.2, 0) is 27.2 Å². The van der Waals surface area contributed by atoms with Gasteiger partial charge in [-0.05, 0) is 70.0 Å². The van der Waals surface area contributed by atoms with Crippen LogP contribution in [0.2, 0.25) is 0 Å². The van der Waals surface area contributed by atoms with Gasteiger partial charge in [0.1, 0.15) is 17.1 Å². The first-order valence-electron chi connectivity index (χ1n) is 12.2. The van der Waals surface area contributed by atoms with E-state index in [0.29, 0.717) is 35.7 Å². The molecule has 0 unspecified atom stereocenters. The Bertz CT molecular complexity index is 1160. The van der Waals surface area contributed by atoms with Crippen molar-refractivity contribution in [2.45, 2.75) is 66.5 Å². The molecule has 0 fully saturated rings. The van der Waals surface area contributed by atoms with Crippen molar-refractivity contribution in [1.29, 1.82) is 0 Å². The van der Waals surface area contributed by atoms with Crippen LogP contribution < -0.4 is 10.1 Å². The van der Waals surface area contributed by atoms with E-state index in [4.69, 9.17) is 14.2 Å². The minimum absolute atomic E-state index is 0.0852. The third-order valence-electron chi connectivity index (χ3n) is 5.03. The number of aliphatic hydroxyl groups excluding tert-OH is 1. The first-order valence-corrected chi connectivity index (χ1v) is 13.0. The van der Waals surface area contributed by atoms with E-state index in [9.17, 15) is 14.7 Å². The maximum Gasteiger partial charge on any atom is 0.407 e. The first kappa shape index (κ1) is 30.0. The van der Waals surface area contributed by atoms with Crippen molar-refractivity contribution >= 4 is 33.6 Å². The van der Waals surface area contributed by atoms with Crippen molar-refractivity contribution in [1.82, 2.24) is 5.32 Å². The van der Waals surface area contributed by atoms with Crippen molar-refractivity contribution < 1.29 is 28.9 Å². The van der Waals surface area contributed by atoms with Crippen LogP contribution in [0.1, 0.15) is 64.7 Å². The predicted octanol–water partition coefficient (Wildman–Crippen LogP) is 7.24. The highest BCUT2D eigenvalue weighted by molar-refractivity contribution is 9.10. The predicted molar refractivity (Wildman–Crippen MR) is 148 cm³/mol. The average Bonchev–Trinajstić information content (AvgIpc) is 2.81. The molecule has 0 heterocycles. The Labute approximate surface area is 227 Å². The molecule has 0 atom stereocenters. The standard InChI is InChI=1S/C29H36BrNO6/c1-7-24(36-26-16-23(30)13-12-22(26)15-27(33)35-8-2)17-25(19(3)32)21-11-9-10-20(14-21)18-31-28(34)37-29(4,5)6/h9-14,16-17,32H,7-8,15,18H2,1-6H3,(H,31,34)/b24-17+,25-19-. The van der Waals surface area contributed by atoms with E-state index >= 15 is 0 Å². The first-order chi connectivity index (χ1) is 17.4. The number of aliphatic hydroxyl groups is 1. The SMILES string of the molecule is CCOC(=O)Cc1ccc(Br)cc1O/C(=C/C(=C(\C)O)c1cccc(CNC(=O)OC(C)(C)C)c1)CC. The van der Waals surface area contributed by atoms with E-state index in [2.05, 4.69) is 21.2 Å². The zero-order valence-electron chi connectivity index (χ0n) is 22.3. The van der Waals surface area contributed by atoms with Gasteiger partial charge in [0.2, 0.25) is 0 Å². The number of esters is 1. The van der Waals surface area contributed by atoms with Crippen LogP contribution in [0.3, 0.4) is 0 Å².